The van der Waals surface area contributed by atoms with Gasteiger partial charge < -0.3 is 20.3 Å². The third-order valence-electron chi connectivity index (χ3n) is 4.65. The molecule has 160 valence electrons. The fourth-order valence-corrected chi connectivity index (χ4v) is 3.20. The topological polar surface area (TPSA) is 70.7 Å². The van der Waals surface area contributed by atoms with Gasteiger partial charge in [-0.15, -0.1) is 0 Å². The molecular formula is C25H27N3O3. The summed E-state index contributed by atoms with van der Waals surface area (Å²) in [5, 5.41) is 5.93. The number of hydrogen-bond acceptors (Lipinski definition) is 4. The summed E-state index contributed by atoms with van der Waals surface area (Å²) in [5.74, 6) is 0.335. The van der Waals surface area contributed by atoms with Crippen LogP contribution in [0.2, 0.25) is 0 Å². The Morgan fingerprint density at radius 3 is 2.39 bits per heavy atom. The number of ether oxygens (including phenoxy) is 1. The van der Waals surface area contributed by atoms with E-state index in [2.05, 4.69) is 10.6 Å². The van der Waals surface area contributed by atoms with Gasteiger partial charge in [-0.25, -0.2) is 0 Å². The van der Waals surface area contributed by atoms with Crippen molar-refractivity contribution in [1.82, 2.24) is 0 Å². The Labute approximate surface area is 182 Å². The molecule has 3 rings (SSSR count). The smallest absolute Gasteiger partial charge is 0.258 e. The van der Waals surface area contributed by atoms with Gasteiger partial charge in [0.25, 0.3) is 5.91 Å². The Morgan fingerprint density at radius 1 is 0.903 bits per heavy atom. The van der Waals surface area contributed by atoms with E-state index in [0.29, 0.717) is 35.8 Å². The highest BCUT2D eigenvalue weighted by atomic mass is 16.5. The highest BCUT2D eigenvalue weighted by molar-refractivity contribution is 6.06. The minimum absolute atomic E-state index is 0.0638. The quantitative estimate of drug-likeness (QED) is 0.525. The molecule has 0 unspecified atom stereocenters. The number of amides is 2. The molecule has 0 aromatic heterocycles. The number of carbonyl (C=O) groups excluding carboxylic acids is 2. The molecule has 31 heavy (non-hydrogen) atoms. The van der Waals surface area contributed by atoms with Crippen LogP contribution in [0.5, 0.6) is 5.75 Å². The number of nitrogens with zero attached hydrogens (tertiary/aromatic N) is 1. The van der Waals surface area contributed by atoms with Crippen LogP contribution in [0.1, 0.15) is 24.2 Å². The van der Waals surface area contributed by atoms with Crippen LogP contribution in [0.4, 0.5) is 17.1 Å². The SMILES string of the molecule is CCOc1ccccc1NC(=O)CNc1cccc(C(=O)N(CC)c2ccccc2)c1. The molecule has 0 aliphatic rings. The summed E-state index contributed by atoms with van der Waals surface area (Å²) in [4.78, 5) is 27.1. The monoisotopic (exact) mass is 417 g/mol. The summed E-state index contributed by atoms with van der Waals surface area (Å²) in [6.45, 7) is 4.98. The molecule has 0 aliphatic heterocycles. The molecule has 0 spiro atoms. The molecule has 3 aromatic carbocycles. The third kappa shape index (κ3) is 5.85. The first-order chi connectivity index (χ1) is 15.1. The predicted molar refractivity (Wildman–Crippen MR) is 125 cm³/mol. The van der Waals surface area contributed by atoms with E-state index in [4.69, 9.17) is 4.74 Å². The van der Waals surface area contributed by atoms with E-state index in [9.17, 15) is 9.59 Å². The molecule has 6 heteroatoms. The zero-order valence-corrected chi connectivity index (χ0v) is 17.8. The second-order valence-corrected chi connectivity index (χ2v) is 6.80. The van der Waals surface area contributed by atoms with E-state index in [0.717, 1.165) is 5.69 Å². The van der Waals surface area contributed by atoms with Crippen molar-refractivity contribution >= 4 is 28.9 Å². The zero-order valence-electron chi connectivity index (χ0n) is 17.8. The average molecular weight is 418 g/mol. The van der Waals surface area contributed by atoms with Gasteiger partial charge in [0.05, 0.1) is 18.8 Å². The molecule has 2 amide bonds. The molecule has 0 radical (unpaired) electrons. The number of anilines is 3. The van der Waals surface area contributed by atoms with E-state index in [1.165, 1.54) is 0 Å². The lowest BCUT2D eigenvalue weighted by atomic mass is 10.1. The molecule has 0 bridgehead atoms. The third-order valence-corrected chi connectivity index (χ3v) is 4.65. The highest BCUT2D eigenvalue weighted by Gasteiger charge is 2.16. The van der Waals surface area contributed by atoms with Crippen molar-refractivity contribution in [2.45, 2.75) is 13.8 Å². The maximum absolute atomic E-state index is 13.0. The standard InChI is InChI=1S/C25H27N3O3/c1-3-28(21-13-6-5-7-14-21)25(30)19-11-10-12-20(17-19)26-18-24(29)27-22-15-8-9-16-23(22)31-4-2/h5-17,26H,3-4,18H2,1-2H3,(H,27,29). The van der Waals surface area contributed by atoms with Gasteiger partial charge in [-0.05, 0) is 56.3 Å². The van der Waals surface area contributed by atoms with E-state index in [-0.39, 0.29) is 18.4 Å². The van der Waals surface area contributed by atoms with Crippen molar-refractivity contribution < 1.29 is 14.3 Å². The summed E-state index contributed by atoms with van der Waals surface area (Å²) in [5.41, 5.74) is 2.73. The van der Waals surface area contributed by atoms with E-state index in [1.54, 1.807) is 29.2 Å². The minimum atomic E-state index is -0.205. The van der Waals surface area contributed by atoms with Crippen LogP contribution < -0.4 is 20.3 Å². The van der Waals surface area contributed by atoms with Crippen molar-refractivity contribution in [3.63, 3.8) is 0 Å². The van der Waals surface area contributed by atoms with Gasteiger partial charge in [0, 0.05) is 23.5 Å². The second kappa shape index (κ2) is 10.8. The lowest BCUT2D eigenvalue weighted by molar-refractivity contribution is -0.114. The van der Waals surface area contributed by atoms with Crippen molar-refractivity contribution in [3.05, 3.63) is 84.4 Å². The first-order valence-electron chi connectivity index (χ1n) is 10.3. The highest BCUT2D eigenvalue weighted by Crippen LogP contribution is 2.23. The summed E-state index contributed by atoms with van der Waals surface area (Å²) in [6, 6.07) is 24.0. The van der Waals surface area contributed by atoms with E-state index >= 15 is 0 Å². The Balaban J connectivity index is 1.64. The van der Waals surface area contributed by atoms with Crippen molar-refractivity contribution in [2.75, 3.05) is 35.2 Å². The molecule has 3 aromatic rings. The van der Waals surface area contributed by atoms with E-state index in [1.807, 2.05) is 68.4 Å². The molecule has 0 saturated heterocycles. The Kier molecular flexibility index (Phi) is 7.65. The van der Waals surface area contributed by atoms with Crippen LogP contribution in [-0.4, -0.2) is 31.5 Å². The number of nitrogens with one attached hydrogen (secondary N) is 2. The fraction of sp³-hybridized carbons (Fsp3) is 0.200. The largest absolute Gasteiger partial charge is 0.492 e. The summed E-state index contributed by atoms with van der Waals surface area (Å²) in [7, 11) is 0. The maximum Gasteiger partial charge on any atom is 0.258 e. The predicted octanol–water partition coefficient (Wildman–Crippen LogP) is 4.80. The number of hydrogen-bond donors (Lipinski definition) is 2. The first-order valence-corrected chi connectivity index (χ1v) is 10.3. The molecular weight excluding hydrogens is 390 g/mol. The molecule has 2 N–H and O–H groups in total. The molecule has 0 heterocycles. The van der Waals surface area contributed by atoms with Crippen molar-refractivity contribution in [3.8, 4) is 5.75 Å². The summed E-state index contributed by atoms with van der Waals surface area (Å²) < 4.78 is 5.53. The first kappa shape index (κ1) is 21.9. The van der Waals surface area contributed by atoms with Crippen LogP contribution in [0.3, 0.4) is 0 Å². The van der Waals surface area contributed by atoms with Crippen LogP contribution in [0.15, 0.2) is 78.9 Å². The van der Waals surface area contributed by atoms with Crippen LogP contribution in [0, 0.1) is 0 Å². The van der Waals surface area contributed by atoms with Crippen molar-refractivity contribution in [1.29, 1.82) is 0 Å². The molecule has 6 nitrogen and oxygen atoms in total. The number of carbonyl (C=O) groups is 2. The Hall–Kier alpha value is -3.80. The van der Waals surface area contributed by atoms with Gasteiger partial charge in [0.15, 0.2) is 0 Å². The van der Waals surface area contributed by atoms with Crippen LogP contribution in [0.25, 0.3) is 0 Å². The Bertz CT molecular complexity index is 1020. The van der Waals surface area contributed by atoms with Gasteiger partial charge in [-0.3, -0.25) is 9.59 Å². The molecule has 0 saturated carbocycles. The van der Waals surface area contributed by atoms with E-state index < -0.39 is 0 Å². The second-order valence-electron chi connectivity index (χ2n) is 6.80. The van der Waals surface area contributed by atoms with Crippen molar-refractivity contribution in [2.24, 2.45) is 0 Å². The van der Waals surface area contributed by atoms with Gasteiger partial charge in [-0.1, -0.05) is 36.4 Å². The average Bonchev–Trinajstić information content (AvgIpc) is 2.80. The number of rotatable bonds is 9. The lowest BCUT2D eigenvalue weighted by Gasteiger charge is -2.21. The zero-order chi connectivity index (χ0) is 22.1. The molecule has 0 aliphatic carbocycles. The number of benzene rings is 3. The van der Waals surface area contributed by atoms with Gasteiger partial charge in [-0.2, -0.15) is 0 Å². The summed E-state index contributed by atoms with van der Waals surface area (Å²) in [6.07, 6.45) is 0. The fourth-order valence-electron chi connectivity index (χ4n) is 3.20. The normalized spacial score (nSPS) is 10.3. The molecule has 0 atom stereocenters. The maximum atomic E-state index is 13.0. The summed E-state index contributed by atoms with van der Waals surface area (Å²) >= 11 is 0. The number of para-hydroxylation sites is 3. The minimum Gasteiger partial charge on any atom is -0.492 e. The van der Waals surface area contributed by atoms with Gasteiger partial charge in [0.1, 0.15) is 5.75 Å². The molecule has 0 fully saturated rings. The Morgan fingerprint density at radius 2 is 1.65 bits per heavy atom. The van der Waals surface area contributed by atoms with Gasteiger partial charge >= 0.3 is 0 Å². The van der Waals surface area contributed by atoms with Crippen LogP contribution >= 0.6 is 0 Å². The lowest BCUT2D eigenvalue weighted by Crippen LogP contribution is -2.30. The van der Waals surface area contributed by atoms with Gasteiger partial charge in [0.2, 0.25) is 5.91 Å². The van der Waals surface area contributed by atoms with Crippen LogP contribution in [-0.2, 0) is 4.79 Å².